The number of phenolic OH excluding ortho intramolecular Hbond substituents is 1. The Labute approximate surface area is 219 Å². The molecule has 5 atom stereocenters. The SMILES string of the molecule is CCC(C)C(NC(=O)C(CC(C)C)NC(=O)C(CC(C)C)NC(=O)C(N)Cc1ccc(O)cc1)C(=O)O. The molecule has 0 aromatic heterocycles. The van der Waals surface area contributed by atoms with Gasteiger partial charge in [0.1, 0.15) is 23.9 Å². The van der Waals surface area contributed by atoms with E-state index in [0.717, 1.165) is 5.56 Å². The first kappa shape index (κ1) is 31.9. The molecule has 0 saturated carbocycles. The predicted molar refractivity (Wildman–Crippen MR) is 142 cm³/mol. The molecular formula is C27H44N4O6. The minimum absolute atomic E-state index is 0.0415. The molecule has 0 aliphatic heterocycles. The lowest BCUT2D eigenvalue weighted by Gasteiger charge is -2.28. The second kappa shape index (κ2) is 15.2. The first-order valence-electron chi connectivity index (χ1n) is 12.9. The van der Waals surface area contributed by atoms with Gasteiger partial charge in [0.05, 0.1) is 6.04 Å². The molecule has 0 aliphatic carbocycles. The number of carbonyl (C=O) groups is 4. The monoisotopic (exact) mass is 520 g/mol. The first-order chi connectivity index (χ1) is 17.2. The molecule has 1 aromatic carbocycles. The highest BCUT2D eigenvalue weighted by Crippen LogP contribution is 2.13. The van der Waals surface area contributed by atoms with Crippen LogP contribution < -0.4 is 21.7 Å². The molecule has 0 aliphatic rings. The number of nitrogens with one attached hydrogen (secondary N) is 3. The summed E-state index contributed by atoms with van der Waals surface area (Å²) in [4.78, 5) is 50.8. The fourth-order valence-corrected chi connectivity index (χ4v) is 3.87. The number of benzene rings is 1. The van der Waals surface area contributed by atoms with Gasteiger partial charge >= 0.3 is 5.97 Å². The van der Waals surface area contributed by atoms with E-state index in [1.54, 1.807) is 19.1 Å². The number of carbonyl (C=O) groups excluding carboxylic acids is 3. The minimum atomic E-state index is -1.13. The van der Waals surface area contributed by atoms with Crippen molar-refractivity contribution in [3.05, 3.63) is 29.8 Å². The predicted octanol–water partition coefficient (Wildman–Crippen LogP) is 1.94. The molecule has 0 fully saturated rings. The standard InChI is InChI=1S/C27H44N4O6/c1-7-17(6)23(27(36)37)31-26(35)22(13-16(4)5)30-25(34)21(12-15(2)3)29-24(33)20(28)14-18-8-10-19(32)11-9-18/h8-11,15-17,20-23,32H,7,12-14,28H2,1-6H3,(H,29,33)(H,30,34)(H,31,35)(H,36,37). The van der Waals surface area contributed by atoms with Crippen LogP contribution in [-0.2, 0) is 25.6 Å². The third-order valence-electron chi connectivity index (χ3n) is 6.19. The van der Waals surface area contributed by atoms with Crippen molar-refractivity contribution in [2.75, 3.05) is 0 Å². The average molecular weight is 521 g/mol. The molecule has 1 aromatic rings. The Morgan fingerprint density at radius 2 is 1.27 bits per heavy atom. The van der Waals surface area contributed by atoms with Gasteiger partial charge in [0.2, 0.25) is 17.7 Å². The largest absolute Gasteiger partial charge is 0.508 e. The Morgan fingerprint density at radius 3 is 1.70 bits per heavy atom. The highest BCUT2D eigenvalue weighted by molar-refractivity contribution is 5.94. The second-order valence-electron chi connectivity index (χ2n) is 10.6. The van der Waals surface area contributed by atoms with Gasteiger partial charge in [-0.05, 0) is 54.7 Å². The average Bonchev–Trinajstić information content (AvgIpc) is 2.81. The Kier molecular flexibility index (Phi) is 13.1. The third kappa shape index (κ3) is 11.2. The van der Waals surface area contributed by atoms with Crippen molar-refractivity contribution in [2.45, 2.75) is 91.4 Å². The van der Waals surface area contributed by atoms with Crippen LogP contribution in [-0.4, -0.2) is 58.1 Å². The summed E-state index contributed by atoms with van der Waals surface area (Å²) < 4.78 is 0. The summed E-state index contributed by atoms with van der Waals surface area (Å²) in [5, 5.41) is 27.0. The number of phenols is 1. The molecule has 37 heavy (non-hydrogen) atoms. The maximum absolute atomic E-state index is 13.2. The van der Waals surface area contributed by atoms with E-state index in [9.17, 15) is 29.4 Å². The quantitative estimate of drug-likeness (QED) is 0.205. The molecule has 3 amide bonds. The molecular weight excluding hydrogens is 476 g/mol. The van der Waals surface area contributed by atoms with Gasteiger partial charge < -0.3 is 31.9 Å². The van der Waals surface area contributed by atoms with Gasteiger partial charge in [-0.15, -0.1) is 0 Å². The van der Waals surface area contributed by atoms with E-state index in [0.29, 0.717) is 19.3 Å². The maximum atomic E-state index is 13.2. The normalized spacial score (nSPS) is 15.4. The van der Waals surface area contributed by atoms with Crippen LogP contribution in [0, 0.1) is 17.8 Å². The van der Waals surface area contributed by atoms with Crippen LogP contribution in [0.5, 0.6) is 5.75 Å². The van der Waals surface area contributed by atoms with Crippen LogP contribution in [0.3, 0.4) is 0 Å². The second-order valence-corrected chi connectivity index (χ2v) is 10.6. The summed E-state index contributed by atoms with van der Waals surface area (Å²) in [7, 11) is 0. The van der Waals surface area contributed by atoms with E-state index < -0.39 is 47.9 Å². The number of nitrogens with two attached hydrogens (primary N) is 1. The van der Waals surface area contributed by atoms with Crippen molar-refractivity contribution in [1.29, 1.82) is 0 Å². The molecule has 0 bridgehead atoms. The van der Waals surface area contributed by atoms with E-state index in [4.69, 9.17) is 5.73 Å². The van der Waals surface area contributed by atoms with Crippen molar-refractivity contribution in [3.8, 4) is 5.75 Å². The zero-order valence-electron chi connectivity index (χ0n) is 22.8. The number of aromatic hydroxyl groups is 1. The van der Waals surface area contributed by atoms with Crippen LogP contribution in [0.4, 0.5) is 0 Å². The minimum Gasteiger partial charge on any atom is -0.508 e. The van der Waals surface area contributed by atoms with E-state index in [-0.39, 0.29) is 29.9 Å². The summed E-state index contributed by atoms with van der Waals surface area (Å²) in [5.41, 5.74) is 6.84. The number of aliphatic carboxylic acids is 1. The lowest BCUT2D eigenvalue weighted by molar-refractivity contribution is -0.144. The summed E-state index contributed by atoms with van der Waals surface area (Å²) >= 11 is 0. The van der Waals surface area contributed by atoms with Crippen molar-refractivity contribution in [3.63, 3.8) is 0 Å². The first-order valence-corrected chi connectivity index (χ1v) is 12.9. The molecule has 10 nitrogen and oxygen atoms in total. The van der Waals surface area contributed by atoms with E-state index in [1.807, 2.05) is 34.6 Å². The Balaban J connectivity index is 2.99. The molecule has 1 rings (SSSR count). The lowest BCUT2D eigenvalue weighted by Crippen LogP contribution is -2.58. The number of rotatable bonds is 15. The Bertz CT molecular complexity index is 903. The molecule has 10 heteroatoms. The highest BCUT2D eigenvalue weighted by atomic mass is 16.4. The van der Waals surface area contributed by atoms with Gasteiger partial charge in [0.15, 0.2) is 0 Å². The van der Waals surface area contributed by atoms with Crippen molar-refractivity contribution in [1.82, 2.24) is 16.0 Å². The van der Waals surface area contributed by atoms with Gasteiger partial charge in [-0.3, -0.25) is 14.4 Å². The number of hydrogen-bond donors (Lipinski definition) is 6. The van der Waals surface area contributed by atoms with Crippen molar-refractivity contribution in [2.24, 2.45) is 23.5 Å². The molecule has 0 radical (unpaired) electrons. The zero-order chi connectivity index (χ0) is 28.3. The van der Waals surface area contributed by atoms with Crippen LogP contribution in [0.2, 0.25) is 0 Å². The maximum Gasteiger partial charge on any atom is 0.326 e. The summed E-state index contributed by atoms with van der Waals surface area (Å²) in [5.74, 6) is -2.84. The molecule has 5 unspecified atom stereocenters. The molecule has 208 valence electrons. The number of carboxylic acids is 1. The summed E-state index contributed by atoms with van der Waals surface area (Å²) in [6.45, 7) is 11.2. The van der Waals surface area contributed by atoms with Gasteiger partial charge in [-0.1, -0.05) is 60.1 Å². The van der Waals surface area contributed by atoms with E-state index in [1.165, 1.54) is 12.1 Å². The zero-order valence-corrected chi connectivity index (χ0v) is 22.8. The van der Waals surface area contributed by atoms with Gasteiger partial charge in [0.25, 0.3) is 0 Å². The Hall–Kier alpha value is -3.14. The third-order valence-corrected chi connectivity index (χ3v) is 6.19. The lowest BCUT2D eigenvalue weighted by atomic mass is 9.97. The van der Waals surface area contributed by atoms with Crippen LogP contribution in [0.15, 0.2) is 24.3 Å². The fraction of sp³-hybridized carbons (Fsp3) is 0.630. The van der Waals surface area contributed by atoms with E-state index in [2.05, 4.69) is 16.0 Å². The van der Waals surface area contributed by atoms with Crippen LogP contribution in [0.1, 0.15) is 66.4 Å². The van der Waals surface area contributed by atoms with Crippen molar-refractivity contribution < 1.29 is 29.4 Å². The van der Waals surface area contributed by atoms with Crippen molar-refractivity contribution >= 4 is 23.7 Å². The van der Waals surface area contributed by atoms with Crippen LogP contribution >= 0.6 is 0 Å². The smallest absolute Gasteiger partial charge is 0.326 e. The number of hydrogen-bond acceptors (Lipinski definition) is 6. The summed E-state index contributed by atoms with van der Waals surface area (Å²) in [6, 6.07) is 2.46. The Morgan fingerprint density at radius 1 is 0.811 bits per heavy atom. The van der Waals surface area contributed by atoms with Gasteiger partial charge in [-0.25, -0.2) is 4.79 Å². The van der Waals surface area contributed by atoms with E-state index >= 15 is 0 Å². The fourth-order valence-electron chi connectivity index (χ4n) is 3.87. The molecule has 0 spiro atoms. The summed E-state index contributed by atoms with van der Waals surface area (Å²) in [6.07, 6.45) is 1.40. The number of carboxylic acid groups (broad SMARTS) is 1. The topological polar surface area (TPSA) is 171 Å². The van der Waals surface area contributed by atoms with Gasteiger partial charge in [0, 0.05) is 0 Å². The highest BCUT2D eigenvalue weighted by Gasteiger charge is 2.32. The molecule has 0 saturated heterocycles. The molecule has 7 N–H and O–H groups in total. The molecule has 0 heterocycles. The number of amides is 3. The van der Waals surface area contributed by atoms with Crippen LogP contribution in [0.25, 0.3) is 0 Å². The van der Waals surface area contributed by atoms with Gasteiger partial charge in [-0.2, -0.15) is 0 Å².